The first-order chi connectivity index (χ1) is 8.08. The zero-order chi connectivity index (χ0) is 12.4. The van der Waals surface area contributed by atoms with Gasteiger partial charge in [0, 0.05) is 4.47 Å². The Bertz CT molecular complexity index is 390. The number of nitrogens with one attached hydrogen (secondary N) is 1. The molecule has 0 bridgehead atoms. The van der Waals surface area contributed by atoms with Crippen LogP contribution in [0.15, 0.2) is 16.6 Å². The quantitative estimate of drug-likeness (QED) is 0.877. The minimum Gasteiger partial charge on any atom is -0.391 e. The van der Waals surface area contributed by atoms with E-state index in [1.165, 1.54) is 12.1 Å². The summed E-state index contributed by atoms with van der Waals surface area (Å²) in [6.07, 6.45) is 2.80. The molecule has 1 saturated carbocycles. The summed E-state index contributed by atoms with van der Waals surface area (Å²) in [5.41, 5.74) is -0.154. The molecule has 0 saturated heterocycles. The Hall–Kier alpha value is -0.680. The summed E-state index contributed by atoms with van der Waals surface area (Å²) in [5, 5.41) is 12.5. The summed E-state index contributed by atoms with van der Waals surface area (Å²) < 4.78 is 27.5. The summed E-state index contributed by atoms with van der Waals surface area (Å²) in [5.74, 6) is -1.29. The van der Waals surface area contributed by atoms with E-state index < -0.39 is 17.7 Å². The lowest BCUT2D eigenvalue weighted by atomic mass is 9.92. The largest absolute Gasteiger partial charge is 0.391 e. The summed E-state index contributed by atoms with van der Waals surface area (Å²) >= 11 is 3.03. The lowest BCUT2D eigenvalue weighted by Gasteiger charge is -2.29. The molecule has 2 nitrogen and oxygen atoms in total. The molecule has 1 aromatic rings. The van der Waals surface area contributed by atoms with Gasteiger partial charge < -0.3 is 10.4 Å². The fourth-order valence-electron chi connectivity index (χ4n) is 2.15. The molecule has 2 rings (SSSR count). The molecule has 0 unspecified atom stereocenters. The van der Waals surface area contributed by atoms with Crippen molar-refractivity contribution in [3.05, 3.63) is 28.2 Å². The molecule has 0 spiro atoms. The van der Waals surface area contributed by atoms with Crippen LogP contribution in [0.3, 0.4) is 0 Å². The number of hydrogen-bond donors (Lipinski definition) is 2. The predicted molar refractivity (Wildman–Crippen MR) is 65.9 cm³/mol. The third-order valence-corrected chi connectivity index (χ3v) is 3.52. The van der Waals surface area contributed by atoms with E-state index in [-0.39, 0.29) is 11.7 Å². The molecule has 1 aromatic carbocycles. The Balaban J connectivity index is 2.17. The third kappa shape index (κ3) is 2.96. The molecule has 0 amide bonds. The molecule has 1 fully saturated rings. The minimum absolute atomic E-state index is 0.154. The maximum Gasteiger partial charge on any atom is 0.150 e. The van der Waals surface area contributed by atoms with Crippen molar-refractivity contribution in [1.29, 1.82) is 0 Å². The molecule has 5 heteroatoms. The summed E-state index contributed by atoms with van der Waals surface area (Å²) in [7, 11) is 0. The average molecular weight is 306 g/mol. The van der Waals surface area contributed by atoms with Crippen molar-refractivity contribution in [3.63, 3.8) is 0 Å². The molecule has 1 aliphatic carbocycles. The van der Waals surface area contributed by atoms with Crippen molar-refractivity contribution in [2.45, 2.75) is 37.8 Å². The number of anilines is 1. The van der Waals surface area contributed by atoms with Crippen LogP contribution in [-0.4, -0.2) is 17.3 Å². The van der Waals surface area contributed by atoms with Crippen LogP contribution in [0.25, 0.3) is 0 Å². The van der Waals surface area contributed by atoms with Crippen LogP contribution in [0.5, 0.6) is 0 Å². The zero-order valence-corrected chi connectivity index (χ0v) is 10.8. The van der Waals surface area contributed by atoms with E-state index >= 15 is 0 Å². The van der Waals surface area contributed by atoms with Gasteiger partial charge in [-0.2, -0.15) is 0 Å². The molecule has 1 aliphatic rings. The number of aliphatic hydroxyl groups excluding tert-OH is 1. The fraction of sp³-hybridized carbons (Fsp3) is 0.500. The maximum absolute atomic E-state index is 13.6. The molecule has 0 aromatic heterocycles. The third-order valence-electron chi connectivity index (χ3n) is 3.07. The van der Waals surface area contributed by atoms with Crippen LogP contribution in [0, 0.1) is 11.6 Å². The second-order valence-electron chi connectivity index (χ2n) is 4.35. The van der Waals surface area contributed by atoms with E-state index in [4.69, 9.17) is 0 Å². The van der Waals surface area contributed by atoms with E-state index in [1.54, 1.807) is 0 Å². The molecule has 2 atom stereocenters. The van der Waals surface area contributed by atoms with Gasteiger partial charge in [-0.05, 0) is 25.0 Å². The van der Waals surface area contributed by atoms with Gasteiger partial charge in [0.25, 0.3) is 0 Å². The van der Waals surface area contributed by atoms with Gasteiger partial charge in [0.15, 0.2) is 0 Å². The van der Waals surface area contributed by atoms with Gasteiger partial charge in [-0.15, -0.1) is 0 Å². The Morgan fingerprint density at radius 1 is 1.18 bits per heavy atom. The highest BCUT2D eigenvalue weighted by molar-refractivity contribution is 9.10. The van der Waals surface area contributed by atoms with Crippen LogP contribution < -0.4 is 5.32 Å². The van der Waals surface area contributed by atoms with Crippen molar-refractivity contribution in [3.8, 4) is 0 Å². The van der Waals surface area contributed by atoms with Crippen molar-refractivity contribution >= 4 is 21.6 Å². The molecular weight excluding hydrogens is 292 g/mol. The fourth-order valence-corrected chi connectivity index (χ4v) is 2.55. The van der Waals surface area contributed by atoms with Crippen LogP contribution >= 0.6 is 15.9 Å². The SMILES string of the molecule is O[C@H]1CCCC[C@@H]1Nc1c(F)cc(Br)cc1F. The Labute approximate surface area is 107 Å². The number of hydrogen-bond acceptors (Lipinski definition) is 2. The first-order valence-electron chi connectivity index (χ1n) is 5.67. The topological polar surface area (TPSA) is 32.3 Å². The molecule has 0 heterocycles. The highest BCUT2D eigenvalue weighted by atomic mass is 79.9. The maximum atomic E-state index is 13.6. The summed E-state index contributed by atoms with van der Waals surface area (Å²) in [6, 6.07) is 2.15. The van der Waals surface area contributed by atoms with Crippen molar-refractivity contribution in [2.75, 3.05) is 5.32 Å². The second-order valence-corrected chi connectivity index (χ2v) is 5.26. The molecular formula is C12H14BrF2NO. The summed E-state index contributed by atoms with van der Waals surface area (Å²) in [4.78, 5) is 0. The van der Waals surface area contributed by atoms with Gasteiger partial charge in [0.1, 0.15) is 17.3 Å². The van der Waals surface area contributed by atoms with Gasteiger partial charge in [0.2, 0.25) is 0 Å². The van der Waals surface area contributed by atoms with Gasteiger partial charge in [0.05, 0.1) is 12.1 Å². The Morgan fingerprint density at radius 3 is 2.35 bits per heavy atom. The second kappa shape index (κ2) is 5.31. The van der Waals surface area contributed by atoms with E-state index in [2.05, 4.69) is 21.2 Å². The van der Waals surface area contributed by atoms with Crippen molar-refractivity contribution in [2.24, 2.45) is 0 Å². The minimum atomic E-state index is -0.644. The van der Waals surface area contributed by atoms with Gasteiger partial charge in [-0.3, -0.25) is 0 Å². The van der Waals surface area contributed by atoms with Crippen molar-refractivity contribution < 1.29 is 13.9 Å². The highest BCUT2D eigenvalue weighted by Gasteiger charge is 2.24. The van der Waals surface area contributed by atoms with Gasteiger partial charge in [-0.1, -0.05) is 28.8 Å². The van der Waals surface area contributed by atoms with E-state index in [1.807, 2.05) is 0 Å². The predicted octanol–water partition coefficient (Wildman–Crippen LogP) is 3.44. The van der Waals surface area contributed by atoms with Gasteiger partial charge in [-0.25, -0.2) is 8.78 Å². The molecule has 94 valence electrons. The standard InChI is InChI=1S/C12H14BrF2NO/c13-7-5-8(14)12(9(15)6-7)16-10-3-1-2-4-11(10)17/h5-6,10-11,16-17H,1-4H2/t10-,11-/m0/s1. The number of rotatable bonds is 2. The smallest absolute Gasteiger partial charge is 0.150 e. The monoisotopic (exact) mass is 305 g/mol. The number of halogens is 3. The van der Waals surface area contributed by atoms with Crippen LogP contribution in [0.2, 0.25) is 0 Å². The van der Waals surface area contributed by atoms with Crippen molar-refractivity contribution in [1.82, 2.24) is 0 Å². The molecule has 17 heavy (non-hydrogen) atoms. The first kappa shape index (κ1) is 12.8. The lowest BCUT2D eigenvalue weighted by Crippen LogP contribution is -2.36. The van der Waals surface area contributed by atoms with Gasteiger partial charge >= 0.3 is 0 Å². The number of benzene rings is 1. The zero-order valence-electron chi connectivity index (χ0n) is 9.22. The van der Waals surface area contributed by atoms with Crippen LogP contribution in [0.1, 0.15) is 25.7 Å². The molecule has 0 aliphatic heterocycles. The Kier molecular flexibility index (Phi) is 3.99. The molecule has 2 N–H and O–H groups in total. The van der Waals surface area contributed by atoms with E-state index in [0.717, 1.165) is 19.3 Å². The van der Waals surface area contributed by atoms with E-state index in [0.29, 0.717) is 10.9 Å². The molecule has 0 radical (unpaired) electrons. The van der Waals surface area contributed by atoms with E-state index in [9.17, 15) is 13.9 Å². The van der Waals surface area contributed by atoms with Crippen LogP contribution in [0.4, 0.5) is 14.5 Å². The normalized spacial score (nSPS) is 24.7. The Morgan fingerprint density at radius 2 is 1.76 bits per heavy atom. The average Bonchev–Trinajstić information content (AvgIpc) is 2.25. The van der Waals surface area contributed by atoms with Crippen LogP contribution in [-0.2, 0) is 0 Å². The highest BCUT2D eigenvalue weighted by Crippen LogP contribution is 2.27. The number of aliphatic hydroxyl groups is 1. The summed E-state index contributed by atoms with van der Waals surface area (Å²) in [6.45, 7) is 0. The lowest BCUT2D eigenvalue weighted by molar-refractivity contribution is 0.116. The first-order valence-corrected chi connectivity index (χ1v) is 6.46.